The third kappa shape index (κ3) is 3.66. The minimum absolute atomic E-state index is 0.00554. The number of phenolic OH excluding ortho intramolecular Hbond substituents is 1. The normalized spacial score (nSPS) is 10.9. The van der Waals surface area contributed by atoms with Crippen LogP contribution >= 0.6 is 0 Å². The zero-order chi connectivity index (χ0) is 18.7. The maximum Gasteiger partial charge on any atom is 0.261 e. The molecule has 0 amide bonds. The standard InChI is InChI=1S/C19H15N3O3S/c1-13-2-4-15(18-9-3-14(11-20)12-21-18)10-19(13)22-26(24,25)17-7-5-16(23)6-8-17/h2-10,12,22-23H,1H3. The van der Waals surface area contributed by atoms with E-state index in [1.165, 1.54) is 30.5 Å². The second-order valence-electron chi connectivity index (χ2n) is 5.67. The van der Waals surface area contributed by atoms with Crippen LogP contribution in [0.3, 0.4) is 0 Å². The van der Waals surface area contributed by atoms with Gasteiger partial charge in [-0.25, -0.2) is 8.42 Å². The summed E-state index contributed by atoms with van der Waals surface area (Å²) in [7, 11) is -3.79. The second kappa shape index (κ2) is 6.86. The van der Waals surface area contributed by atoms with Crippen molar-refractivity contribution in [1.82, 2.24) is 4.98 Å². The molecule has 0 saturated heterocycles. The number of aryl methyl sites for hydroxylation is 1. The predicted molar refractivity (Wildman–Crippen MR) is 98.0 cm³/mol. The Morgan fingerprint density at radius 1 is 1.08 bits per heavy atom. The summed E-state index contributed by atoms with van der Waals surface area (Å²) in [6.45, 7) is 1.80. The molecule has 0 unspecified atom stereocenters. The van der Waals surface area contributed by atoms with E-state index in [1.54, 1.807) is 31.2 Å². The van der Waals surface area contributed by atoms with Crippen molar-refractivity contribution in [2.24, 2.45) is 0 Å². The summed E-state index contributed by atoms with van der Waals surface area (Å²) in [5.41, 5.74) is 3.00. The number of hydrogen-bond acceptors (Lipinski definition) is 5. The quantitative estimate of drug-likeness (QED) is 0.737. The molecule has 7 heteroatoms. The van der Waals surface area contributed by atoms with Crippen molar-refractivity contribution in [3.8, 4) is 23.1 Å². The van der Waals surface area contributed by atoms with Crippen LogP contribution in [0, 0.1) is 18.3 Å². The van der Waals surface area contributed by atoms with E-state index >= 15 is 0 Å². The Morgan fingerprint density at radius 3 is 2.42 bits per heavy atom. The predicted octanol–water partition coefficient (Wildman–Crippen LogP) is 3.44. The van der Waals surface area contributed by atoms with Crippen LogP contribution in [0.25, 0.3) is 11.3 Å². The lowest BCUT2D eigenvalue weighted by Gasteiger charge is -2.12. The summed E-state index contributed by atoms with van der Waals surface area (Å²) in [6.07, 6.45) is 1.47. The van der Waals surface area contributed by atoms with Crippen molar-refractivity contribution in [3.05, 3.63) is 71.9 Å². The van der Waals surface area contributed by atoms with Crippen LogP contribution in [-0.2, 0) is 10.0 Å². The molecule has 3 aromatic rings. The zero-order valence-corrected chi connectivity index (χ0v) is 14.7. The topological polar surface area (TPSA) is 103 Å². The molecular formula is C19H15N3O3S. The number of aromatic hydroxyl groups is 1. The van der Waals surface area contributed by atoms with Crippen molar-refractivity contribution >= 4 is 15.7 Å². The van der Waals surface area contributed by atoms with Gasteiger partial charge >= 0.3 is 0 Å². The summed E-state index contributed by atoms with van der Waals surface area (Å²) in [6, 6.07) is 16.0. The summed E-state index contributed by atoms with van der Waals surface area (Å²) in [5, 5.41) is 18.2. The number of aromatic nitrogens is 1. The summed E-state index contributed by atoms with van der Waals surface area (Å²) >= 11 is 0. The van der Waals surface area contributed by atoms with Gasteiger partial charge < -0.3 is 5.11 Å². The van der Waals surface area contributed by atoms with Crippen LogP contribution in [0.2, 0.25) is 0 Å². The molecule has 1 aromatic heterocycles. The van der Waals surface area contributed by atoms with Gasteiger partial charge in [-0.05, 0) is 55.0 Å². The molecule has 0 saturated carbocycles. The first kappa shape index (κ1) is 17.5. The SMILES string of the molecule is Cc1ccc(-c2ccc(C#N)cn2)cc1NS(=O)(=O)c1ccc(O)cc1. The third-order valence-corrected chi connectivity index (χ3v) is 5.20. The Bertz CT molecular complexity index is 1080. The molecular weight excluding hydrogens is 350 g/mol. The van der Waals surface area contributed by atoms with Gasteiger partial charge in [0, 0.05) is 11.8 Å². The Kier molecular flexibility index (Phi) is 4.61. The maximum absolute atomic E-state index is 12.6. The monoisotopic (exact) mass is 365 g/mol. The number of sulfonamides is 1. The molecule has 2 aromatic carbocycles. The lowest BCUT2D eigenvalue weighted by molar-refractivity contribution is 0.475. The largest absolute Gasteiger partial charge is 0.508 e. The van der Waals surface area contributed by atoms with Gasteiger partial charge in [-0.2, -0.15) is 5.26 Å². The van der Waals surface area contributed by atoms with E-state index in [0.29, 0.717) is 16.9 Å². The number of anilines is 1. The van der Waals surface area contributed by atoms with Gasteiger partial charge in [-0.15, -0.1) is 0 Å². The van der Waals surface area contributed by atoms with E-state index < -0.39 is 10.0 Å². The fourth-order valence-corrected chi connectivity index (χ4v) is 3.47. The Hall–Kier alpha value is -3.37. The third-order valence-electron chi connectivity index (χ3n) is 3.82. The van der Waals surface area contributed by atoms with E-state index in [1.807, 2.05) is 12.1 Å². The van der Waals surface area contributed by atoms with Crippen molar-refractivity contribution < 1.29 is 13.5 Å². The van der Waals surface area contributed by atoms with Crippen LogP contribution in [0.15, 0.2) is 65.7 Å². The molecule has 26 heavy (non-hydrogen) atoms. The number of nitrogens with zero attached hydrogens (tertiary/aromatic N) is 2. The van der Waals surface area contributed by atoms with Crippen LogP contribution in [0.1, 0.15) is 11.1 Å². The van der Waals surface area contributed by atoms with Crippen molar-refractivity contribution in [2.75, 3.05) is 4.72 Å². The molecule has 6 nitrogen and oxygen atoms in total. The van der Waals surface area contributed by atoms with E-state index in [0.717, 1.165) is 11.1 Å². The van der Waals surface area contributed by atoms with Gasteiger partial charge in [0.25, 0.3) is 10.0 Å². The molecule has 0 fully saturated rings. The average molecular weight is 365 g/mol. The first-order valence-electron chi connectivity index (χ1n) is 7.68. The molecule has 3 rings (SSSR count). The first-order valence-corrected chi connectivity index (χ1v) is 9.16. The number of rotatable bonds is 4. The van der Waals surface area contributed by atoms with Gasteiger partial charge in [-0.1, -0.05) is 12.1 Å². The fourth-order valence-electron chi connectivity index (χ4n) is 2.35. The van der Waals surface area contributed by atoms with Gasteiger partial charge in [0.2, 0.25) is 0 Å². The first-order chi connectivity index (χ1) is 12.4. The fraction of sp³-hybridized carbons (Fsp3) is 0.0526. The van der Waals surface area contributed by atoms with Crippen molar-refractivity contribution in [1.29, 1.82) is 5.26 Å². The van der Waals surface area contributed by atoms with Gasteiger partial charge in [0.1, 0.15) is 11.8 Å². The van der Waals surface area contributed by atoms with Crippen molar-refractivity contribution in [3.63, 3.8) is 0 Å². The Labute approximate surface area is 151 Å². The molecule has 1 heterocycles. The lowest BCUT2D eigenvalue weighted by Crippen LogP contribution is -2.13. The average Bonchev–Trinajstić information content (AvgIpc) is 2.64. The summed E-state index contributed by atoms with van der Waals surface area (Å²) in [5.74, 6) is -0.00554. The molecule has 0 bridgehead atoms. The molecule has 130 valence electrons. The molecule has 0 aliphatic heterocycles. The lowest BCUT2D eigenvalue weighted by atomic mass is 10.1. The number of pyridine rings is 1. The number of nitrogens with one attached hydrogen (secondary N) is 1. The molecule has 0 radical (unpaired) electrons. The number of benzene rings is 2. The Balaban J connectivity index is 1.95. The van der Waals surface area contributed by atoms with Crippen LogP contribution in [0.4, 0.5) is 5.69 Å². The van der Waals surface area contributed by atoms with E-state index in [-0.39, 0.29) is 10.6 Å². The van der Waals surface area contributed by atoms with Crippen LogP contribution < -0.4 is 4.72 Å². The van der Waals surface area contributed by atoms with E-state index in [9.17, 15) is 13.5 Å². The highest BCUT2D eigenvalue weighted by molar-refractivity contribution is 7.92. The molecule has 0 aliphatic rings. The van der Waals surface area contributed by atoms with E-state index in [4.69, 9.17) is 5.26 Å². The van der Waals surface area contributed by atoms with Gasteiger partial charge in [0.15, 0.2) is 0 Å². The van der Waals surface area contributed by atoms with Gasteiger partial charge in [-0.3, -0.25) is 9.71 Å². The summed E-state index contributed by atoms with van der Waals surface area (Å²) in [4.78, 5) is 4.28. The minimum Gasteiger partial charge on any atom is -0.508 e. The van der Waals surface area contributed by atoms with E-state index in [2.05, 4.69) is 9.71 Å². The second-order valence-corrected chi connectivity index (χ2v) is 7.36. The molecule has 2 N–H and O–H groups in total. The highest BCUT2D eigenvalue weighted by atomic mass is 32.2. The van der Waals surface area contributed by atoms with Crippen LogP contribution in [0.5, 0.6) is 5.75 Å². The zero-order valence-electron chi connectivity index (χ0n) is 13.8. The molecule has 0 atom stereocenters. The number of nitriles is 1. The summed E-state index contributed by atoms with van der Waals surface area (Å²) < 4.78 is 27.7. The maximum atomic E-state index is 12.6. The number of hydrogen-bond donors (Lipinski definition) is 2. The minimum atomic E-state index is -3.79. The van der Waals surface area contributed by atoms with Crippen LogP contribution in [-0.4, -0.2) is 18.5 Å². The molecule has 0 aliphatic carbocycles. The van der Waals surface area contributed by atoms with Gasteiger partial charge in [0.05, 0.1) is 21.8 Å². The number of phenols is 1. The van der Waals surface area contributed by atoms with Crippen molar-refractivity contribution in [2.45, 2.75) is 11.8 Å². The highest BCUT2D eigenvalue weighted by Crippen LogP contribution is 2.26. The highest BCUT2D eigenvalue weighted by Gasteiger charge is 2.16. The Morgan fingerprint density at radius 2 is 1.81 bits per heavy atom. The smallest absolute Gasteiger partial charge is 0.261 e. The molecule has 0 spiro atoms.